The number of carboxylic acids is 1. The van der Waals surface area contributed by atoms with Gasteiger partial charge in [0.2, 0.25) is 5.91 Å². The molecular formula is C13H16N2O4. The van der Waals surface area contributed by atoms with Crippen LogP contribution < -0.4 is 5.32 Å². The van der Waals surface area contributed by atoms with Gasteiger partial charge in [-0.3, -0.25) is 4.79 Å². The van der Waals surface area contributed by atoms with E-state index in [4.69, 9.17) is 9.84 Å². The van der Waals surface area contributed by atoms with E-state index in [-0.39, 0.29) is 23.5 Å². The quantitative estimate of drug-likeness (QED) is 0.861. The van der Waals surface area contributed by atoms with E-state index in [9.17, 15) is 9.59 Å². The maximum absolute atomic E-state index is 12.1. The first-order valence-corrected chi connectivity index (χ1v) is 6.23. The first-order chi connectivity index (χ1) is 9.11. The van der Waals surface area contributed by atoms with Gasteiger partial charge < -0.3 is 15.2 Å². The monoisotopic (exact) mass is 264 g/mol. The van der Waals surface area contributed by atoms with Crippen LogP contribution in [-0.4, -0.2) is 34.7 Å². The fourth-order valence-electron chi connectivity index (χ4n) is 2.16. The van der Waals surface area contributed by atoms with Gasteiger partial charge in [-0.25, -0.2) is 9.78 Å². The molecule has 1 aliphatic rings. The lowest BCUT2D eigenvalue weighted by Crippen LogP contribution is -2.29. The number of carboxylic acid groups (broad SMARTS) is 1. The molecule has 6 heteroatoms. The number of amides is 1. The van der Waals surface area contributed by atoms with Crippen molar-refractivity contribution in [1.82, 2.24) is 4.98 Å². The lowest BCUT2D eigenvalue weighted by molar-refractivity contribution is -0.121. The largest absolute Gasteiger partial charge is 0.478 e. The van der Waals surface area contributed by atoms with Crippen LogP contribution in [0.3, 0.4) is 0 Å². The summed E-state index contributed by atoms with van der Waals surface area (Å²) in [4.78, 5) is 26.6. The number of pyridine rings is 1. The van der Waals surface area contributed by atoms with Crippen molar-refractivity contribution < 1.29 is 19.4 Å². The van der Waals surface area contributed by atoms with Gasteiger partial charge in [-0.2, -0.15) is 0 Å². The van der Waals surface area contributed by atoms with Crippen molar-refractivity contribution in [2.45, 2.75) is 25.9 Å². The van der Waals surface area contributed by atoms with Crippen LogP contribution in [0.1, 0.15) is 30.1 Å². The molecule has 2 atom stereocenters. The van der Waals surface area contributed by atoms with Crippen LogP contribution in [0.5, 0.6) is 0 Å². The van der Waals surface area contributed by atoms with Gasteiger partial charge in [0.1, 0.15) is 5.82 Å². The minimum Gasteiger partial charge on any atom is -0.478 e. The highest BCUT2D eigenvalue weighted by Gasteiger charge is 2.32. The third kappa shape index (κ3) is 3.08. The van der Waals surface area contributed by atoms with Crippen LogP contribution in [0, 0.1) is 5.92 Å². The molecule has 0 aromatic carbocycles. The highest BCUT2D eigenvalue weighted by molar-refractivity contribution is 5.93. The summed E-state index contributed by atoms with van der Waals surface area (Å²) in [5.41, 5.74) is 0.0913. The Bertz CT molecular complexity index is 472. The minimum atomic E-state index is -1.04. The molecular weight excluding hydrogens is 248 g/mol. The first-order valence-electron chi connectivity index (χ1n) is 6.23. The Morgan fingerprint density at radius 2 is 2.32 bits per heavy atom. The fraction of sp³-hybridized carbons (Fsp3) is 0.462. The molecule has 1 amide bonds. The summed E-state index contributed by atoms with van der Waals surface area (Å²) in [6.07, 6.45) is 2.68. The Morgan fingerprint density at radius 3 is 2.89 bits per heavy atom. The fourth-order valence-corrected chi connectivity index (χ4v) is 2.16. The van der Waals surface area contributed by atoms with E-state index in [1.165, 1.54) is 18.3 Å². The third-order valence-corrected chi connectivity index (χ3v) is 3.21. The van der Waals surface area contributed by atoms with Gasteiger partial charge in [0.05, 0.1) is 17.6 Å². The molecule has 19 heavy (non-hydrogen) atoms. The summed E-state index contributed by atoms with van der Waals surface area (Å²) >= 11 is 0. The Labute approximate surface area is 110 Å². The molecule has 6 nitrogen and oxygen atoms in total. The average molecular weight is 264 g/mol. The molecule has 102 valence electrons. The van der Waals surface area contributed by atoms with Crippen LogP contribution in [-0.2, 0) is 9.53 Å². The van der Waals surface area contributed by atoms with Gasteiger partial charge in [0.25, 0.3) is 0 Å². The SMILES string of the molecule is CCC1OCCC1C(=O)Nc1ccc(C(=O)O)cn1. The predicted octanol–water partition coefficient (Wildman–Crippen LogP) is 1.53. The van der Waals surface area contributed by atoms with Gasteiger partial charge in [-0.1, -0.05) is 6.92 Å². The van der Waals surface area contributed by atoms with E-state index < -0.39 is 5.97 Å². The van der Waals surface area contributed by atoms with E-state index in [2.05, 4.69) is 10.3 Å². The summed E-state index contributed by atoms with van der Waals surface area (Å²) < 4.78 is 5.47. The molecule has 1 aromatic rings. The molecule has 0 saturated carbocycles. The lowest BCUT2D eigenvalue weighted by atomic mass is 9.99. The van der Waals surface area contributed by atoms with Crippen molar-refractivity contribution in [2.75, 3.05) is 11.9 Å². The molecule has 0 bridgehead atoms. The molecule has 1 aromatic heterocycles. The second kappa shape index (κ2) is 5.79. The zero-order chi connectivity index (χ0) is 13.8. The molecule has 0 radical (unpaired) electrons. The number of rotatable bonds is 4. The van der Waals surface area contributed by atoms with Crippen LogP contribution in [0.4, 0.5) is 5.82 Å². The number of carbonyl (C=O) groups is 2. The summed E-state index contributed by atoms with van der Waals surface area (Å²) in [5.74, 6) is -0.969. The Balaban J connectivity index is 2.00. The van der Waals surface area contributed by atoms with E-state index in [0.29, 0.717) is 18.8 Å². The predicted molar refractivity (Wildman–Crippen MR) is 68.0 cm³/mol. The normalized spacial score (nSPS) is 22.2. The second-order valence-electron chi connectivity index (χ2n) is 4.44. The summed E-state index contributed by atoms with van der Waals surface area (Å²) in [6, 6.07) is 2.89. The second-order valence-corrected chi connectivity index (χ2v) is 4.44. The van der Waals surface area contributed by atoms with Crippen molar-refractivity contribution in [1.29, 1.82) is 0 Å². The Morgan fingerprint density at radius 1 is 1.53 bits per heavy atom. The van der Waals surface area contributed by atoms with Crippen LogP contribution in [0.15, 0.2) is 18.3 Å². The topological polar surface area (TPSA) is 88.5 Å². The Kier molecular flexibility index (Phi) is 4.11. The lowest BCUT2D eigenvalue weighted by Gasteiger charge is -2.15. The van der Waals surface area contributed by atoms with Gasteiger partial charge >= 0.3 is 5.97 Å². The van der Waals surface area contributed by atoms with Crippen LogP contribution in [0.25, 0.3) is 0 Å². The van der Waals surface area contributed by atoms with Crippen molar-refractivity contribution in [2.24, 2.45) is 5.92 Å². The van der Waals surface area contributed by atoms with E-state index in [1.807, 2.05) is 6.92 Å². The third-order valence-electron chi connectivity index (χ3n) is 3.21. The number of aromatic nitrogens is 1. The van der Waals surface area contributed by atoms with Crippen molar-refractivity contribution in [3.05, 3.63) is 23.9 Å². The zero-order valence-corrected chi connectivity index (χ0v) is 10.6. The van der Waals surface area contributed by atoms with Crippen molar-refractivity contribution in [3.8, 4) is 0 Å². The van der Waals surface area contributed by atoms with E-state index in [0.717, 1.165) is 6.42 Å². The molecule has 2 rings (SSSR count). The van der Waals surface area contributed by atoms with E-state index >= 15 is 0 Å². The number of anilines is 1. The number of aromatic carboxylic acids is 1. The molecule has 1 aliphatic heterocycles. The number of hydrogen-bond donors (Lipinski definition) is 2. The van der Waals surface area contributed by atoms with Crippen molar-refractivity contribution in [3.63, 3.8) is 0 Å². The molecule has 0 aliphatic carbocycles. The average Bonchev–Trinajstić information content (AvgIpc) is 2.87. The van der Waals surface area contributed by atoms with E-state index in [1.54, 1.807) is 0 Å². The van der Waals surface area contributed by atoms with Crippen LogP contribution >= 0.6 is 0 Å². The number of nitrogens with zero attached hydrogens (tertiary/aromatic N) is 1. The number of ether oxygens (including phenoxy) is 1. The standard InChI is InChI=1S/C13H16N2O4/c1-2-10-9(5-6-19-10)12(16)15-11-4-3-8(7-14-11)13(17)18/h3-4,7,9-10H,2,5-6H2,1H3,(H,17,18)(H,14,15,16). The van der Waals surface area contributed by atoms with Gasteiger partial charge in [-0.15, -0.1) is 0 Å². The Hall–Kier alpha value is -1.95. The number of hydrogen-bond acceptors (Lipinski definition) is 4. The van der Waals surface area contributed by atoms with Crippen LogP contribution in [0.2, 0.25) is 0 Å². The highest BCUT2D eigenvalue weighted by Crippen LogP contribution is 2.24. The first kappa shape index (κ1) is 13.5. The van der Waals surface area contributed by atoms with Gasteiger partial charge in [0.15, 0.2) is 0 Å². The molecule has 2 N–H and O–H groups in total. The number of carbonyl (C=O) groups excluding carboxylic acids is 1. The molecule has 1 saturated heterocycles. The maximum Gasteiger partial charge on any atom is 0.337 e. The highest BCUT2D eigenvalue weighted by atomic mass is 16.5. The van der Waals surface area contributed by atoms with Gasteiger partial charge in [0, 0.05) is 12.8 Å². The molecule has 0 spiro atoms. The smallest absolute Gasteiger partial charge is 0.337 e. The van der Waals surface area contributed by atoms with Gasteiger partial charge in [-0.05, 0) is 25.0 Å². The molecule has 1 fully saturated rings. The number of nitrogens with one attached hydrogen (secondary N) is 1. The summed E-state index contributed by atoms with van der Waals surface area (Å²) in [7, 11) is 0. The minimum absolute atomic E-state index is 0.0432. The summed E-state index contributed by atoms with van der Waals surface area (Å²) in [6.45, 7) is 2.58. The molecule has 2 heterocycles. The zero-order valence-electron chi connectivity index (χ0n) is 10.6. The molecule has 2 unspecified atom stereocenters. The summed E-state index contributed by atoms with van der Waals surface area (Å²) in [5, 5.41) is 11.4. The van der Waals surface area contributed by atoms with Crippen molar-refractivity contribution >= 4 is 17.7 Å². The maximum atomic E-state index is 12.1.